The van der Waals surface area contributed by atoms with Crippen LogP contribution in [0.25, 0.3) is 0 Å². The molecule has 0 aromatic heterocycles. The van der Waals surface area contributed by atoms with Gasteiger partial charge in [-0.25, -0.2) is 0 Å². The molecule has 0 spiro atoms. The lowest BCUT2D eigenvalue weighted by atomic mass is 9.91. The highest BCUT2D eigenvalue weighted by Gasteiger charge is 2.66. The van der Waals surface area contributed by atoms with Gasteiger partial charge in [-0.05, 0) is 34.6 Å². The Kier molecular flexibility index (Phi) is 4.09. The van der Waals surface area contributed by atoms with Gasteiger partial charge in [-0.15, -0.1) is 0 Å². The fourth-order valence-corrected chi connectivity index (χ4v) is 3.82. The number of ether oxygens (including phenoxy) is 5. The van der Waals surface area contributed by atoms with Crippen molar-refractivity contribution in [3.8, 4) is 0 Å². The van der Waals surface area contributed by atoms with Crippen molar-refractivity contribution in [1.82, 2.24) is 0 Å². The molecule has 0 aromatic carbocycles. The van der Waals surface area contributed by atoms with E-state index in [0.29, 0.717) is 6.61 Å². The fourth-order valence-electron chi connectivity index (χ4n) is 3.26. The topological polar surface area (TPSA) is 95.8 Å². The Morgan fingerprint density at radius 3 is 2.18 bits per heavy atom. The molecule has 2 N–H and O–H groups in total. The first kappa shape index (κ1) is 17.0. The molecule has 3 aliphatic rings. The predicted octanol–water partition coefficient (Wildman–Crippen LogP) is 1.00. The number of hydrogen-bond donors (Lipinski definition) is 2. The third-order valence-electron chi connectivity index (χ3n) is 4.11. The molecule has 3 fully saturated rings. The van der Waals surface area contributed by atoms with E-state index in [9.17, 15) is 9.79 Å². The van der Waals surface area contributed by atoms with E-state index in [1.165, 1.54) is 0 Å². The maximum Gasteiger partial charge on any atom is 0.327 e. The van der Waals surface area contributed by atoms with Crippen LogP contribution in [0.5, 0.6) is 0 Å². The number of fused-ring (bicyclic) bond motifs is 1. The van der Waals surface area contributed by atoms with Crippen LogP contribution in [-0.4, -0.2) is 58.2 Å². The summed E-state index contributed by atoms with van der Waals surface area (Å²) in [4.78, 5) is 18.7. The summed E-state index contributed by atoms with van der Waals surface area (Å²) in [6.45, 7) is 9.17. The third kappa shape index (κ3) is 2.92. The molecule has 5 atom stereocenters. The Balaban J connectivity index is 1.84. The zero-order valence-corrected chi connectivity index (χ0v) is 14.2. The van der Waals surface area contributed by atoms with Gasteiger partial charge in [0.15, 0.2) is 17.9 Å². The normalized spacial score (nSPS) is 46.4. The van der Waals surface area contributed by atoms with Gasteiger partial charge >= 0.3 is 8.60 Å². The fraction of sp³-hybridized carbons (Fsp3) is 1.00. The van der Waals surface area contributed by atoms with Crippen molar-refractivity contribution in [2.75, 3.05) is 6.61 Å². The lowest BCUT2D eigenvalue weighted by Crippen LogP contribution is -2.53. The molecule has 3 aliphatic heterocycles. The van der Waals surface area contributed by atoms with Crippen molar-refractivity contribution in [1.29, 1.82) is 0 Å². The van der Waals surface area contributed by atoms with Gasteiger partial charge in [0.2, 0.25) is 0 Å². The molecule has 9 heteroatoms. The van der Waals surface area contributed by atoms with E-state index < -0.39 is 50.4 Å². The van der Waals surface area contributed by atoms with Crippen LogP contribution < -0.4 is 0 Å². The van der Waals surface area contributed by atoms with Crippen molar-refractivity contribution in [2.24, 2.45) is 0 Å². The summed E-state index contributed by atoms with van der Waals surface area (Å²) in [5.74, 6) is -1.55. The number of rotatable bonds is 3. The minimum absolute atomic E-state index is 0.314. The summed E-state index contributed by atoms with van der Waals surface area (Å²) in [6.07, 6.45) is -2.28. The van der Waals surface area contributed by atoms with Crippen LogP contribution in [0.3, 0.4) is 0 Å². The summed E-state index contributed by atoms with van der Waals surface area (Å²) < 4.78 is 34.3. The van der Waals surface area contributed by atoms with E-state index in [1.807, 2.05) is 13.8 Å². The first-order valence-electron chi connectivity index (χ1n) is 7.22. The molecule has 3 heterocycles. The molecule has 0 aromatic rings. The van der Waals surface area contributed by atoms with Crippen LogP contribution in [0.1, 0.15) is 34.6 Å². The molecule has 0 saturated carbocycles. The highest BCUT2D eigenvalue weighted by molar-refractivity contribution is 7.39. The minimum Gasteiger partial charge on any atom is -0.348 e. The van der Waals surface area contributed by atoms with Crippen LogP contribution in [0.4, 0.5) is 0 Å². The molecule has 0 bridgehead atoms. The van der Waals surface area contributed by atoms with Gasteiger partial charge < -0.3 is 38.0 Å². The summed E-state index contributed by atoms with van der Waals surface area (Å²) in [5, 5.41) is 0. The highest BCUT2D eigenvalue weighted by Crippen LogP contribution is 2.51. The van der Waals surface area contributed by atoms with Crippen LogP contribution in [0.15, 0.2) is 0 Å². The SMILES string of the molecule is CC1(C)OCC([C@H]2O[C@@H]3OC(C)(C)OC3C2(C)OP(O)O)O1. The molecule has 3 rings (SSSR count). The first-order valence-corrected chi connectivity index (χ1v) is 8.39. The third-order valence-corrected chi connectivity index (χ3v) is 4.67. The summed E-state index contributed by atoms with van der Waals surface area (Å²) in [6, 6.07) is 0. The molecule has 3 saturated heterocycles. The zero-order chi connectivity index (χ0) is 16.3. The van der Waals surface area contributed by atoms with E-state index in [2.05, 4.69) is 0 Å². The molecule has 0 amide bonds. The van der Waals surface area contributed by atoms with E-state index in [1.54, 1.807) is 20.8 Å². The lowest BCUT2D eigenvalue weighted by Gasteiger charge is -2.36. The average Bonchev–Trinajstić information content (AvgIpc) is 2.91. The van der Waals surface area contributed by atoms with E-state index in [4.69, 9.17) is 28.2 Å². The van der Waals surface area contributed by atoms with Crippen LogP contribution >= 0.6 is 8.60 Å². The summed E-state index contributed by atoms with van der Waals surface area (Å²) in [7, 11) is -2.59. The Bertz CT molecular complexity index is 442. The van der Waals surface area contributed by atoms with Crippen molar-refractivity contribution >= 4 is 8.60 Å². The van der Waals surface area contributed by atoms with Crippen molar-refractivity contribution in [2.45, 2.75) is 76.4 Å². The standard InChI is InChI=1S/C13H23O8P/c1-11(2)16-6-7(18-11)8-13(5,21-22(14)15)9-10(17-8)20-12(3,4)19-9/h7-10,14-15H,6H2,1-5H3/t7?,8-,9?,10-,13?/m1/s1. The highest BCUT2D eigenvalue weighted by atomic mass is 31.2. The molecule has 8 nitrogen and oxygen atoms in total. The lowest BCUT2D eigenvalue weighted by molar-refractivity contribution is -0.242. The van der Waals surface area contributed by atoms with E-state index >= 15 is 0 Å². The molecule has 128 valence electrons. The quantitative estimate of drug-likeness (QED) is 0.736. The summed E-state index contributed by atoms with van der Waals surface area (Å²) in [5.41, 5.74) is -1.12. The molecular weight excluding hydrogens is 315 g/mol. The Labute approximate surface area is 130 Å². The van der Waals surface area contributed by atoms with Crippen LogP contribution in [0.2, 0.25) is 0 Å². The second-order valence-electron chi connectivity index (χ2n) is 6.88. The monoisotopic (exact) mass is 338 g/mol. The van der Waals surface area contributed by atoms with Crippen LogP contribution in [-0.2, 0) is 28.2 Å². The molecule has 22 heavy (non-hydrogen) atoms. The van der Waals surface area contributed by atoms with E-state index in [-0.39, 0.29) is 0 Å². The predicted molar refractivity (Wildman–Crippen MR) is 74.4 cm³/mol. The molecule has 0 radical (unpaired) electrons. The van der Waals surface area contributed by atoms with E-state index in [0.717, 1.165) is 0 Å². The minimum atomic E-state index is -2.59. The second-order valence-corrected chi connectivity index (χ2v) is 7.56. The Morgan fingerprint density at radius 2 is 1.64 bits per heavy atom. The Hall–Kier alpha value is 0.110. The van der Waals surface area contributed by atoms with Gasteiger partial charge in [0.1, 0.15) is 23.9 Å². The molecule has 0 aliphatic carbocycles. The van der Waals surface area contributed by atoms with Crippen LogP contribution in [0, 0.1) is 0 Å². The molecular formula is C13H23O8P. The van der Waals surface area contributed by atoms with Crippen molar-refractivity contribution in [3.63, 3.8) is 0 Å². The molecule has 3 unspecified atom stereocenters. The van der Waals surface area contributed by atoms with Gasteiger partial charge in [-0.3, -0.25) is 0 Å². The van der Waals surface area contributed by atoms with Gasteiger partial charge in [0.25, 0.3) is 0 Å². The van der Waals surface area contributed by atoms with Gasteiger partial charge in [-0.2, -0.15) is 0 Å². The maximum atomic E-state index is 9.37. The summed E-state index contributed by atoms with van der Waals surface area (Å²) >= 11 is 0. The average molecular weight is 338 g/mol. The first-order chi connectivity index (χ1) is 10.0. The second kappa shape index (κ2) is 5.31. The smallest absolute Gasteiger partial charge is 0.327 e. The van der Waals surface area contributed by atoms with Gasteiger partial charge in [0.05, 0.1) is 6.61 Å². The zero-order valence-electron chi connectivity index (χ0n) is 13.3. The number of hydrogen-bond acceptors (Lipinski definition) is 8. The van der Waals surface area contributed by atoms with Crippen molar-refractivity contribution < 1.29 is 38.0 Å². The Morgan fingerprint density at radius 1 is 0.955 bits per heavy atom. The van der Waals surface area contributed by atoms with Gasteiger partial charge in [-0.1, -0.05) is 0 Å². The largest absolute Gasteiger partial charge is 0.348 e. The van der Waals surface area contributed by atoms with Crippen molar-refractivity contribution in [3.05, 3.63) is 0 Å². The maximum absolute atomic E-state index is 9.37. The van der Waals surface area contributed by atoms with Gasteiger partial charge in [0, 0.05) is 0 Å².